The quantitative estimate of drug-likeness (QED) is 0.728. The number of alkyl halides is 2. The number of carbonyl (C=O) groups is 2. The molecule has 27 heavy (non-hydrogen) atoms. The van der Waals surface area contributed by atoms with Crippen molar-refractivity contribution in [1.29, 1.82) is 0 Å². The molecule has 2 heterocycles. The molecule has 2 aliphatic rings. The number of urea groups is 1. The predicted molar refractivity (Wildman–Crippen MR) is 92.4 cm³/mol. The molecule has 0 aliphatic carbocycles. The molecule has 9 heteroatoms. The van der Waals surface area contributed by atoms with Crippen molar-refractivity contribution in [3.63, 3.8) is 0 Å². The molecule has 3 amide bonds. The topological polar surface area (TPSA) is 71.1 Å². The van der Waals surface area contributed by atoms with Crippen molar-refractivity contribution in [3.8, 4) is 5.75 Å². The number of hydrogen-bond acceptors (Lipinski definition) is 5. The van der Waals surface area contributed by atoms with Crippen molar-refractivity contribution in [3.05, 3.63) is 29.8 Å². The molecular weight excluding hydrogens is 360 g/mol. The Balaban J connectivity index is 1.57. The monoisotopic (exact) mass is 383 g/mol. The molecule has 2 saturated heterocycles. The van der Waals surface area contributed by atoms with Gasteiger partial charge in [-0.05, 0) is 37.5 Å². The summed E-state index contributed by atoms with van der Waals surface area (Å²) in [5.74, 6) is -0.168. The molecule has 148 valence electrons. The first-order valence-corrected chi connectivity index (χ1v) is 8.85. The molecule has 7 nitrogen and oxygen atoms in total. The second kappa shape index (κ2) is 8.18. The zero-order valence-electron chi connectivity index (χ0n) is 15.1. The summed E-state index contributed by atoms with van der Waals surface area (Å²) in [7, 11) is 0. The third-order valence-electron chi connectivity index (χ3n) is 4.85. The van der Waals surface area contributed by atoms with E-state index >= 15 is 0 Å². The molecule has 1 atom stereocenters. The van der Waals surface area contributed by atoms with Gasteiger partial charge in [-0.2, -0.15) is 8.78 Å². The normalized spacial score (nSPS) is 23.8. The van der Waals surface area contributed by atoms with E-state index in [0.29, 0.717) is 39.1 Å². The number of halogens is 2. The molecule has 1 aromatic rings. The van der Waals surface area contributed by atoms with Crippen LogP contribution in [0.1, 0.15) is 18.9 Å². The first-order valence-electron chi connectivity index (χ1n) is 8.85. The van der Waals surface area contributed by atoms with Crippen LogP contribution in [-0.4, -0.2) is 66.9 Å². The maximum absolute atomic E-state index is 12.8. The number of amides is 3. The Morgan fingerprint density at radius 1 is 1.22 bits per heavy atom. The number of nitrogens with zero attached hydrogens (tertiary/aromatic N) is 2. The Morgan fingerprint density at radius 3 is 2.52 bits per heavy atom. The van der Waals surface area contributed by atoms with Crippen LogP contribution in [0.2, 0.25) is 0 Å². The first-order chi connectivity index (χ1) is 12.9. The van der Waals surface area contributed by atoms with Gasteiger partial charge in [-0.1, -0.05) is 12.1 Å². The molecule has 3 rings (SSSR count). The lowest BCUT2D eigenvalue weighted by Crippen LogP contribution is -2.48. The average molecular weight is 383 g/mol. The van der Waals surface area contributed by atoms with E-state index in [1.54, 1.807) is 19.1 Å². The van der Waals surface area contributed by atoms with Gasteiger partial charge in [0.25, 0.3) is 5.91 Å². The Kier molecular flexibility index (Phi) is 5.91. The van der Waals surface area contributed by atoms with Gasteiger partial charge < -0.3 is 14.8 Å². The van der Waals surface area contributed by atoms with Crippen molar-refractivity contribution in [2.24, 2.45) is 0 Å². The molecule has 0 bridgehead atoms. The van der Waals surface area contributed by atoms with Crippen molar-refractivity contribution < 1.29 is 27.8 Å². The number of nitrogens with one attached hydrogen (secondary N) is 1. The number of morpholine rings is 1. The second-order valence-corrected chi connectivity index (χ2v) is 6.89. The Hall–Kier alpha value is -2.26. The third kappa shape index (κ3) is 4.72. The Bertz CT molecular complexity index is 680. The third-order valence-corrected chi connectivity index (χ3v) is 4.85. The fourth-order valence-corrected chi connectivity index (χ4v) is 3.22. The maximum Gasteiger partial charge on any atom is 0.387 e. The van der Waals surface area contributed by atoms with E-state index in [9.17, 15) is 18.4 Å². The Morgan fingerprint density at radius 2 is 1.89 bits per heavy atom. The summed E-state index contributed by atoms with van der Waals surface area (Å²) < 4.78 is 34.0. The van der Waals surface area contributed by atoms with Crippen LogP contribution in [0.5, 0.6) is 5.75 Å². The average Bonchev–Trinajstić information content (AvgIpc) is 2.85. The SMILES string of the molecule is C[C@@]1(CCc2ccc(OC(F)F)cc2)NC(=O)N(CN2CCOCC2)C1=O. The van der Waals surface area contributed by atoms with Crippen LogP contribution in [-0.2, 0) is 16.0 Å². The summed E-state index contributed by atoms with van der Waals surface area (Å²) in [4.78, 5) is 28.3. The summed E-state index contributed by atoms with van der Waals surface area (Å²) in [5.41, 5.74) is -0.117. The van der Waals surface area contributed by atoms with Gasteiger partial charge >= 0.3 is 12.6 Å². The van der Waals surface area contributed by atoms with Crippen molar-refractivity contribution in [2.45, 2.75) is 31.9 Å². The molecule has 0 saturated carbocycles. The number of benzene rings is 1. The minimum atomic E-state index is -2.86. The van der Waals surface area contributed by atoms with Gasteiger partial charge in [-0.15, -0.1) is 0 Å². The van der Waals surface area contributed by atoms with Gasteiger partial charge in [0.2, 0.25) is 0 Å². The molecule has 1 N–H and O–H groups in total. The minimum Gasteiger partial charge on any atom is -0.435 e. The lowest BCUT2D eigenvalue weighted by atomic mass is 9.93. The van der Waals surface area contributed by atoms with Crippen molar-refractivity contribution >= 4 is 11.9 Å². The van der Waals surface area contributed by atoms with Crippen LogP contribution < -0.4 is 10.1 Å². The van der Waals surface area contributed by atoms with Crippen molar-refractivity contribution in [2.75, 3.05) is 33.0 Å². The van der Waals surface area contributed by atoms with E-state index in [4.69, 9.17) is 4.74 Å². The maximum atomic E-state index is 12.8. The summed E-state index contributed by atoms with van der Waals surface area (Å²) >= 11 is 0. The van der Waals surface area contributed by atoms with E-state index in [2.05, 4.69) is 10.1 Å². The van der Waals surface area contributed by atoms with E-state index in [0.717, 1.165) is 5.56 Å². The lowest BCUT2D eigenvalue weighted by molar-refractivity contribution is -0.133. The summed E-state index contributed by atoms with van der Waals surface area (Å²) in [6.45, 7) is 1.64. The number of rotatable bonds is 7. The van der Waals surface area contributed by atoms with Crippen LogP contribution in [0.15, 0.2) is 24.3 Å². The van der Waals surface area contributed by atoms with Crippen LogP contribution in [0.25, 0.3) is 0 Å². The molecule has 0 spiro atoms. The predicted octanol–water partition coefficient (Wildman–Crippen LogP) is 1.82. The highest BCUT2D eigenvalue weighted by Gasteiger charge is 2.47. The standard InChI is InChI=1S/C18H23F2N3O4/c1-18(7-6-13-2-4-14(5-3-13)27-16(19)20)15(24)23(17(25)21-18)12-22-8-10-26-11-9-22/h2-5,16H,6-12H2,1H3,(H,21,25)/t18-/m0/s1. The highest BCUT2D eigenvalue weighted by Crippen LogP contribution is 2.24. The van der Waals surface area contributed by atoms with Crippen LogP contribution >= 0.6 is 0 Å². The van der Waals surface area contributed by atoms with Gasteiger partial charge in [0.1, 0.15) is 11.3 Å². The number of imide groups is 1. The van der Waals surface area contributed by atoms with Gasteiger partial charge in [0, 0.05) is 13.1 Å². The van der Waals surface area contributed by atoms with E-state index in [1.165, 1.54) is 17.0 Å². The molecule has 0 unspecified atom stereocenters. The summed E-state index contributed by atoms with van der Waals surface area (Å²) in [6.07, 6.45) is 0.926. The highest BCUT2D eigenvalue weighted by molar-refractivity contribution is 6.06. The zero-order valence-corrected chi connectivity index (χ0v) is 15.1. The molecule has 1 aromatic carbocycles. The largest absolute Gasteiger partial charge is 0.435 e. The zero-order chi connectivity index (χ0) is 19.4. The smallest absolute Gasteiger partial charge is 0.387 e. The number of ether oxygens (including phenoxy) is 2. The summed E-state index contributed by atoms with van der Waals surface area (Å²) in [6, 6.07) is 5.88. The van der Waals surface area contributed by atoms with Crippen LogP contribution in [0, 0.1) is 0 Å². The molecular formula is C18H23F2N3O4. The molecule has 0 radical (unpaired) electrons. The van der Waals surface area contributed by atoms with Gasteiger partial charge in [0.15, 0.2) is 0 Å². The lowest BCUT2D eigenvalue weighted by Gasteiger charge is -2.29. The van der Waals surface area contributed by atoms with Gasteiger partial charge in [-0.25, -0.2) is 9.69 Å². The van der Waals surface area contributed by atoms with Gasteiger partial charge in [-0.3, -0.25) is 9.69 Å². The highest BCUT2D eigenvalue weighted by atomic mass is 19.3. The Labute approximate surface area is 156 Å². The number of carbonyl (C=O) groups excluding carboxylic acids is 2. The van der Waals surface area contributed by atoms with E-state index in [1.807, 2.05) is 4.90 Å². The summed E-state index contributed by atoms with van der Waals surface area (Å²) in [5, 5.41) is 2.78. The van der Waals surface area contributed by atoms with E-state index in [-0.39, 0.29) is 18.3 Å². The fourth-order valence-electron chi connectivity index (χ4n) is 3.22. The number of hydrogen-bond donors (Lipinski definition) is 1. The first kappa shape index (κ1) is 19.5. The van der Waals surface area contributed by atoms with Gasteiger partial charge in [0.05, 0.1) is 19.9 Å². The van der Waals surface area contributed by atoms with Crippen LogP contribution in [0.3, 0.4) is 0 Å². The molecule has 2 fully saturated rings. The fraction of sp³-hybridized carbons (Fsp3) is 0.556. The molecule has 0 aromatic heterocycles. The second-order valence-electron chi connectivity index (χ2n) is 6.89. The molecule has 2 aliphatic heterocycles. The van der Waals surface area contributed by atoms with E-state index < -0.39 is 18.2 Å². The van der Waals surface area contributed by atoms with Crippen LogP contribution in [0.4, 0.5) is 13.6 Å². The van der Waals surface area contributed by atoms with Crippen molar-refractivity contribution in [1.82, 2.24) is 15.1 Å². The number of aryl methyl sites for hydroxylation is 1. The minimum absolute atomic E-state index is 0.0851.